The van der Waals surface area contributed by atoms with E-state index in [2.05, 4.69) is 0 Å². The highest BCUT2D eigenvalue weighted by Crippen LogP contribution is 2.37. The lowest BCUT2D eigenvalue weighted by molar-refractivity contribution is -0.113. The first kappa shape index (κ1) is 22.9. The van der Waals surface area contributed by atoms with E-state index < -0.39 is 0 Å². The molecule has 1 aliphatic heterocycles. The average Bonchev–Trinajstić information content (AvgIpc) is 3.17. The number of rotatable bonds is 7. The minimum absolute atomic E-state index is 0.138. The number of amides is 1. The van der Waals surface area contributed by atoms with Gasteiger partial charge in [0.05, 0.1) is 10.6 Å². The molecule has 4 aromatic carbocycles. The highest BCUT2D eigenvalue weighted by atomic mass is 32.2. The molecule has 5 rings (SSSR count). The number of carbonyl (C=O) groups excluding carboxylic acids is 1. The summed E-state index contributed by atoms with van der Waals surface area (Å²) in [6.45, 7) is 0.508. The van der Waals surface area contributed by atoms with Gasteiger partial charge < -0.3 is 9.47 Å². The summed E-state index contributed by atoms with van der Waals surface area (Å²) < 4.78 is 12.2. The number of para-hydroxylation sites is 1. The van der Waals surface area contributed by atoms with E-state index in [1.165, 1.54) is 11.8 Å². The van der Waals surface area contributed by atoms with Gasteiger partial charge in [0, 0.05) is 0 Å². The van der Waals surface area contributed by atoms with Crippen LogP contribution in [-0.4, -0.2) is 10.2 Å². The minimum atomic E-state index is -0.138. The smallest absolute Gasteiger partial charge is 0.270 e. The van der Waals surface area contributed by atoms with E-state index in [1.54, 1.807) is 4.90 Å². The van der Waals surface area contributed by atoms with E-state index in [0.717, 1.165) is 22.6 Å². The van der Waals surface area contributed by atoms with Crippen molar-refractivity contribution in [1.29, 1.82) is 0 Å². The second-order valence-electron chi connectivity index (χ2n) is 7.77. The summed E-state index contributed by atoms with van der Waals surface area (Å²) in [4.78, 5) is 15.2. The van der Waals surface area contributed by atoms with Crippen LogP contribution >= 0.6 is 24.0 Å². The third-order valence-corrected chi connectivity index (χ3v) is 6.60. The summed E-state index contributed by atoms with van der Waals surface area (Å²) in [5.41, 5.74) is 2.73. The van der Waals surface area contributed by atoms with Gasteiger partial charge >= 0.3 is 0 Å². The fourth-order valence-electron chi connectivity index (χ4n) is 3.53. The topological polar surface area (TPSA) is 38.8 Å². The normalized spacial score (nSPS) is 14.4. The van der Waals surface area contributed by atoms with E-state index in [9.17, 15) is 4.79 Å². The molecule has 0 spiro atoms. The molecule has 4 nitrogen and oxygen atoms in total. The highest BCUT2D eigenvalue weighted by Gasteiger charge is 2.33. The molecule has 1 saturated heterocycles. The largest absolute Gasteiger partial charge is 0.489 e. The standard InChI is InChI=1S/C29H21NO3S2/c31-28-27(19-21-11-15-24(16-12-21)32-20-22-7-3-1-4-8-22)35-29(34)30(28)23-13-17-26(18-14-23)33-25-9-5-2-6-10-25/h1-19H,20H2/b27-19-. The van der Waals surface area contributed by atoms with Crippen molar-refractivity contribution in [2.24, 2.45) is 0 Å². The summed E-state index contributed by atoms with van der Waals surface area (Å²) >= 11 is 6.80. The molecule has 0 aliphatic carbocycles. The molecule has 0 unspecified atom stereocenters. The quantitative estimate of drug-likeness (QED) is 0.196. The van der Waals surface area contributed by atoms with Crippen molar-refractivity contribution in [3.63, 3.8) is 0 Å². The molecular formula is C29H21NO3S2. The van der Waals surface area contributed by atoms with E-state index in [4.69, 9.17) is 21.7 Å². The predicted molar refractivity (Wildman–Crippen MR) is 146 cm³/mol. The SMILES string of the molecule is O=C1/C(=C/c2ccc(OCc3ccccc3)cc2)SC(=S)N1c1ccc(Oc2ccccc2)cc1. The Morgan fingerprint density at radius 1 is 0.743 bits per heavy atom. The number of thioether (sulfide) groups is 1. The lowest BCUT2D eigenvalue weighted by atomic mass is 10.2. The molecule has 6 heteroatoms. The number of thiocarbonyl (C=S) groups is 1. The van der Waals surface area contributed by atoms with Crippen molar-refractivity contribution in [3.8, 4) is 17.2 Å². The number of carbonyl (C=O) groups is 1. The van der Waals surface area contributed by atoms with Gasteiger partial charge in [-0.25, -0.2) is 0 Å². The van der Waals surface area contributed by atoms with E-state index in [1.807, 2.05) is 115 Å². The number of hydrogen-bond acceptors (Lipinski definition) is 5. The van der Waals surface area contributed by atoms with Gasteiger partial charge in [0.25, 0.3) is 5.91 Å². The molecule has 172 valence electrons. The number of anilines is 1. The third-order valence-electron chi connectivity index (χ3n) is 5.29. The first-order valence-electron chi connectivity index (χ1n) is 11.0. The van der Waals surface area contributed by atoms with Gasteiger partial charge in [-0.1, -0.05) is 84.6 Å². The zero-order chi connectivity index (χ0) is 24.0. The fraction of sp³-hybridized carbons (Fsp3) is 0.0345. The van der Waals surface area contributed by atoms with Crippen LogP contribution in [0.1, 0.15) is 11.1 Å². The maximum atomic E-state index is 13.1. The van der Waals surface area contributed by atoms with Gasteiger partial charge in [-0.15, -0.1) is 0 Å². The van der Waals surface area contributed by atoms with Gasteiger partial charge in [0.15, 0.2) is 4.32 Å². The molecule has 1 heterocycles. The Morgan fingerprint density at radius 2 is 1.34 bits per heavy atom. The molecule has 0 saturated carbocycles. The lowest BCUT2D eigenvalue weighted by Crippen LogP contribution is -2.27. The second kappa shape index (κ2) is 10.6. The Hall–Kier alpha value is -3.87. The molecule has 1 amide bonds. The van der Waals surface area contributed by atoms with E-state index >= 15 is 0 Å². The summed E-state index contributed by atoms with van der Waals surface area (Å²) in [7, 11) is 0. The van der Waals surface area contributed by atoms with Crippen molar-refractivity contribution in [1.82, 2.24) is 0 Å². The third kappa shape index (κ3) is 5.62. The summed E-state index contributed by atoms with van der Waals surface area (Å²) in [5, 5.41) is 0. The van der Waals surface area contributed by atoms with Crippen molar-refractivity contribution in [2.45, 2.75) is 6.61 Å². The van der Waals surface area contributed by atoms with Crippen molar-refractivity contribution < 1.29 is 14.3 Å². The van der Waals surface area contributed by atoms with Crippen LogP contribution < -0.4 is 14.4 Å². The van der Waals surface area contributed by atoms with Crippen molar-refractivity contribution >= 4 is 46.0 Å². The van der Waals surface area contributed by atoms with Crippen LogP contribution in [-0.2, 0) is 11.4 Å². The summed E-state index contributed by atoms with van der Waals surface area (Å²) in [6.07, 6.45) is 1.85. The Balaban J connectivity index is 1.24. The molecule has 1 aliphatic rings. The van der Waals surface area contributed by atoms with Gasteiger partial charge in [-0.05, 0) is 65.7 Å². The first-order chi connectivity index (χ1) is 17.2. The summed E-state index contributed by atoms with van der Waals surface area (Å²) in [6, 6.07) is 34.6. The Morgan fingerprint density at radius 3 is 2.03 bits per heavy atom. The first-order valence-corrected chi connectivity index (χ1v) is 12.3. The number of ether oxygens (including phenoxy) is 2. The molecule has 35 heavy (non-hydrogen) atoms. The van der Waals surface area contributed by atoms with Crippen LogP contribution in [0.5, 0.6) is 17.2 Å². The van der Waals surface area contributed by atoms with Crippen LogP contribution in [0.25, 0.3) is 6.08 Å². The Kier molecular flexibility index (Phi) is 6.93. The minimum Gasteiger partial charge on any atom is -0.489 e. The second-order valence-corrected chi connectivity index (χ2v) is 9.45. The Labute approximate surface area is 213 Å². The monoisotopic (exact) mass is 495 g/mol. The highest BCUT2D eigenvalue weighted by molar-refractivity contribution is 8.27. The molecule has 1 fully saturated rings. The van der Waals surface area contributed by atoms with Crippen molar-refractivity contribution in [3.05, 3.63) is 125 Å². The van der Waals surface area contributed by atoms with Gasteiger partial charge in [-0.2, -0.15) is 0 Å². The zero-order valence-electron chi connectivity index (χ0n) is 18.7. The van der Waals surface area contributed by atoms with Gasteiger partial charge in [0.2, 0.25) is 0 Å². The van der Waals surface area contributed by atoms with E-state index in [0.29, 0.717) is 27.3 Å². The number of benzene rings is 4. The molecule has 0 aromatic heterocycles. The number of nitrogens with zero attached hydrogens (tertiary/aromatic N) is 1. The zero-order valence-corrected chi connectivity index (χ0v) is 20.3. The van der Waals surface area contributed by atoms with Crippen LogP contribution in [0.2, 0.25) is 0 Å². The molecule has 0 radical (unpaired) electrons. The summed E-state index contributed by atoms with van der Waals surface area (Å²) in [5.74, 6) is 2.08. The fourth-order valence-corrected chi connectivity index (χ4v) is 4.83. The molecule has 0 N–H and O–H groups in total. The van der Waals surface area contributed by atoms with Crippen molar-refractivity contribution in [2.75, 3.05) is 4.90 Å². The van der Waals surface area contributed by atoms with Crippen LogP contribution in [0.4, 0.5) is 5.69 Å². The predicted octanol–water partition coefficient (Wildman–Crippen LogP) is 7.46. The number of hydrogen-bond donors (Lipinski definition) is 0. The van der Waals surface area contributed by atoms with Crippen LogP contribution in [0, 0.1) is 0 Å². The molecule has 0 atom stereocenters. The van der Waals surface area contributed by atoms with Crippen LogP contribution in [0.15, 0.2) is 114 Å². The van der Waals surface area contributed by atoms with Gasteiger partial charge in [0.1, 0.15) is 23.9 Å². The maximum Gasteiger partial charge on any atom is 0.270 e. The molecular weight excluding hydrogens is 474 g/mol. The van der Waals surface area contributed by atoms with Gasteiger partial charge in [-0.3, -0.25) is 9.69 Å². The maximum absolute atomic E-state index is 13.1. The van der Waals surface area contributed by atoms with Crippen LogP contribution in [0.3, 0.4) is 0 Å². The van der Waals surface area contributed by atoms with E-state index in [-0.39, 0.29) is 5.91 Å². The average molecular weight is 496 g/mol. The molecule has 0 bridgehead atoms. The Bertz CT molecular complexity index is 1350. The molecule has 4 aromatic rings. The lowest BCUT2D eigenvalue weighted by Gasteiger charge is -2.15.